The SMILES string of the molecule is COCc1cc(C)nc2sc(C(=O)N/N=C/c3ccn[nH]3)c(-n3cccc3)c12. The third-order valence-electron chi connectivity index (χ3n) is 4.11. The first-order chi connectivity index (χ1) is 13.7. The summed E-state index contributed by atoms with van der Waals surface area (Å²) in [6.45, 7) is 2.37. The van der Waals surface area contributed by atoms with Crippen molar-refractivity contribution in [2.45, 2.75) is 13.5 Å². The lowest BCUT2D eigenvalue weighted by atomic mass is 10.1. The van der Waals surface area contributed by atoms with Crippen LogP contribution < -0.4 is 5.43 Å². The monoisotopic (exact) mass is 394 g/mol. The summed E-state index contributed by atoms with van der Waals surface area (Å²) in [6.07, 6.45) is 6.93. The number of amides is 1. The van der Waals surface area contributed by atoms with E-state index in [1.807, 2.05) is 42.1 Å². The van der Waals surface area contributed by atoms with Crippen LogP contribution in [0.3, 0.4) is 0 Å². The number of thiophene rings is 1. The average Bonchev–Trinajstić information content (AvgIpc) is 3.41. The molecule has 4 aromatic rings. The normalized spacial score (nSPS) is 11.5. The van der Waals surface area contributed by atoms with Crippen LogP contribution in [0.25, 0.3) is 15.9 Å². The van der Waals surface area contributed by atoms with Crippen LogP contribution >= 0.6 is 11.3 Å². The number of aromatic nitrogens is 4. The van der Waals surface area contributed by atoms with Gasteiger partial charge in [0.2, 0.25) is 0 Å². The quantitative estimate of drug-likeness (QED) is 0.388. The number of methoxy groups -OCH3 is 1. The van der Waals surface area contributed by atoms with Gasteiger partial charge in [0, 0.05) is 36.8 Å². The molecule has 142 valence electrons. The predicted molar refractivity (Wildman–Crippen MR) is 108 cm³/mol. The minimum Gasteiger partial charge on any atom is -0.380 e. The second kappa shape index (κ2) is 7.75. The Bertz CT molecular complexity index is 1130. The Morgan fingerprint density at radius 3 is 2.96 bits per heavy atom. The van der Waals surface area contributed by atoms with Crippen molar-refractivity contribution in [1.29, 1.82) is 0 Å². The van der Waals surface area contributed by atoms with E-state index in [1.165, 1.54) is 17.6 Å². The molecule has 0 saturated carbocycles. The van der Waals surface area contributed by atoms with Gasteiger partial charge in [-0.1, -0.05) is 0 Å². The van der Waals surface area contributed by atoms with Crippen LogP contribution in [0.4, 0.5) is 0 Å². The number of carbonyl (C=O) groups excluding carboxylic acids is 1. The van der Waals surface area contributed by atoms with Crippen LogP contribution in [0, 0.1) is 6.92 Å². The molecule has 4 rings (SSSR count). The standard InChI is InChI=1S/C19H18N6O2S/c1-12-9-13(11-27-2)15-16(25-7-3-4-8-25)17(28-19(15)22-12)18(26)24-21-10-14-5-6-20-23-14/h3-10H,11H2,1-2H3,(H,20,23)(H,24,26)/b21-10+. The van der Waals surface area contributed by atoms with Crippen LogP contribution in [0.5, 0.6) is 0 Å². The van der Waals surface area contributed by atoms with Crippen LogP contribution in [0.15, 0.2) is 48.0 Å². The zero-order valence-electron chi connectivity index (χ0n) is 15.3. The van der Waals surface area contributed by atoms with E-state index in [-0.39, 0.29) is 5.91 Å². The van der Waals surface area contributed by atoms with Crippen molar-refractivity contribution in [3.63, 3.8) is 0 Å². The Labute approximate surface area is 164 Å². The number of hydrogen-bond acceptors (Lipinski definition) is 6. The molecule has 0 atom stereocenters. The lowest BCUT2D eigenvalue weighted by Crippen LogP contribution is -2.18. The topological polar surface area (TPSA) is 97.2 Å². The molecule has 0 aliphatic carbocycles. The van der Waals surface area contributed by atoms with Crippen molar-refractivity contribution in [3.05, 3.63) is 64.7 Å². The van der Waals surface area contributed by atoms with Gasteiger partial charge in [-0.15, -0.1) is 11.3 Å². The number of aromatic amines is 1. The number of nitrogens with one attached hydrogen (secondary N) is 2. The minimum atomic E-state index is -0.302. The number of aryl methyl sites for hydroxylation is 1. The Morgan fingerprint density at radius 1 is 1.43 bits per heavy atom. The molecule has 0 radical (unpaired) electrons. The van der Waals surface area contributed by atoms with Gasteiger partial charge in [-0.25, -0.2) is 10.4 Å². The van der Waals surface area contributed by atoms with Gasteiger partial charge in [-0.3, -0.25) is 9.89 Å². The molecule has 0 spiro atoms. The molecule has 2 N–H and O–H groups in total. The number of hydrazone groups is 1. The fraction of sp³-hybridized carbons (Fsp3) is 0.158. The summed E-state index contributed by atoms with van der Waals surface area (Å²) in [4.78, 5) is 18.9. The number of hydrogen-bond donors (Lipinski definition) is 2. The molecule has 0 aliphatic rings. The molecule has 0 aromatic carbocycles. The van der Waals surface area contributed by atoms with Gasteiger partial charge in [0.1, 0.15) is 9.71 Å². The molecule has 0 fully saturated rings. The number of H-pyrrole nitrogens is 1. The molecule has 9 heteroatoms. The summed E-state index contributed by atoms with van der Waals surface area (Å²) in [5.74, 6) is -0.302. The summed E-state index contributed by atoms with van der Waals surface area (Å²) in [5, 5.41) is 11.5. The summed E-state index contributed by atoms with van der Waals surface area (Å²) < 4.78 is 7.29. The van der Waals surface area contributed by atoms with E-state index >= 15 is 0 Å². The van der Waals surface area contributed by atoms with Crippen molar-refractivity contribution >= 4 is 33.7 Å². The van der Waals surface area contributed by atoms with Gasteiger partial charge in [0.05, 0.1) is 24.2 Å². The predicted octanol–water partition coefficient (Wildman–Crippen LogP) is 3.03. The molecular weight excluding hydrogens is 376 g/mol. The first kappa shape index (κ1) is 18.1. The fourth-order valence-corrected chi connectivity index (χ4v) is 4.15. The first-order valence-electron chi connectivity index (χ1n) is 8.55. The van der Waals surface area contributed by atoms with E-state index in [0.717, 1.165) is 27.2 Å². The maximum absolute atomic E-state index is 12.9. The highest BCUT2D eigenvalue weighted by Crippen LogP contribution is 2.36. The first-order valence-corrected chi connectivity index (χ1v) is 9.37. The second-order valence-electron chi connectivity index (χ2n) is 6.12. The highest BCUT2D eigenvalue weighted by molar-refractivity contribution is 7.21. The number of pyridine rings is 1. The highest BCUT2D eigenvalue weighted by Gasteiger charge is 2.23. The Hall–Kier alpha value is -3.30. The van der Waals surface area contributed by atoms with E-state index in [9.17, 15) is 4.79 Å². The van der Waals surface area contributed by atoms with E-state index in [0.29, 0.717) is 17.2 Å². The van der Waals surface area contributed by atoms with Crippen molar-refractivity contribution in [3.8, 4) is 5.69 Å². The number of nitrogens with zero attached hydrogens (tertiary/aromatic N) is 4. The number of rotatable bonds is 6. The summed E-state index contributed by atoms with van der Waals surface area (Å²) in [7, 11) is 1.65. The molecule has 0 bridgehead atoms. The maximum Gasteiger partial charge on any atom is 0.283 e. The molecule has 0 saturated heterocycles. The lowest BCUT2D eigenvalue weighted by molar-refractivity contribution is 0.0959. The van der Waals surface area contributed by atoms with E-state index < -0.39 is 0 Å². The van der Waals surface area contributed by atoms with E-state index in [4.69, 9.17) is 4.74 Å². The molecule has 28 heavy (non-hydrogen) atoms. The fourth-order valence-electron chi connectivity index (χ4n) is 3.00. The molecule has 4 heterocycles. The van der Waals surface area contributed by atoms with E-state index in [1.54, 1.807) is 19.4 Å². The lowest BCUT2D eigenvalue weighted by Gasteiger charge is -2.09. The number of fused-ring (bicyclic) bond motifs is 1. The number of ether oxygens (including phenoxy) is 1. The van der Waals surface area contributed by atoms with Crippen LogP contribution in [0.1, 0.15) is 26.6 Å². The zero-order chi connectivity index (χ0) is 19.5. The summed E-state index contributed by atoms with van der Waals surface area (Å²) in [5.41, 5.74) is 5.93. The second-order valence-corrected chi connectivity index (χ2v) is 7.12. The molecule has 4 aromatic heterocycles. The van der Waals surface area contributed by atoms with Gasteiger partial charge in [0.15, 0.2) is 0 Å². The van der Waals surface area contributed by atoms with Crippen molar-refractivity contribution in [2.24, 2.45) is 5.10 Å². The molecule has 0 unspecified atom stereocenters. The minimum absolute atomic E-state index is 0.302. The summed E-state index contributed by atoms with van der Waals surface area (Å²) in [6, 6.07) is 7.58. The van der Waals surface area contributed by atoms with Crippen molar-refractivity contribution < 1.29 is 9.53 Å². The third-order valence-corrected chi connectivity index (χ3v) is 5.18. The average molecular weight is 394 g/mol. The molecule has 8 nitrogen and oxygen atoms in total. The maximum atomic E-state index is 12.9. The largest absolute Gasteiger partial charge is 0.380 e. The summed E-state index contributed by atoms with van der Waals surface area (Å²) >= 11 is 1.34. The van der Waals surface area contributed by atoms with Gasteiger partial charge >= 0.3 is 0 Å². The molecule has 0 aliphatic heterocycles. The van der Waals surface area contributed by atoms with E-state index in [2.05, 4.69) is 25.7 Å². The van der Waals surface area contributed by atoms with Crippen molar-refractivity contribution in [2.75, 3.05) is 7.11 Å². The molecular formula is C19H18N6O2S. The zero-order valence-corrected chi connectivity index (χ0v) is 16.2. The molecule has 1 amide bonds. The highest BCUT2D eigenvalue weighted by atomic mass is 32.1. The van der Waals surface area contributed by atoms with Gasteiger partial charge in [-0.2, -0.15) is 10.2 Å². The smallest absolute Gasteiger partial charge is 0.283 e. The van der Waals surface area contributed by atoms with Crippen LogP contribution in [0.2, 0.25) is 0 Å². The Kier molecular flexibility index (Phi) is 5.00. The van der Waals surface area contributed by atoms with Crippen LogP contribution in [-0.2, 0) is 11.3 Å². The van der Waals surface area contributed by atoms with Crippen LogP contribution in [-0.4, -0.2) is 39.0 Å². The van der Waals surface area contributed by atoms with Crippen molar-refractivity contribution in [1.82, 2.24) is 25.2 Å². The number of carbonyl (C=O) groups is 1. The Morgan fingerprint density at radius 2 is 2.25 bits per heavy atom. The van der Waals surface area contributed by atoms with Gasteiger partial charge in [-0.05, 0) is 36.8 Å². The third kappa shape index (κ3) is 3.45. The Balaban J connectivity index is 1.80. The van der Waals surface area contributed by atoms with Gasteiger partial charge in [0.25, 0.3) is 5.91 Å². The van der Waals surface area contributed by atoms with Gasteiger partial charge < -0.3 is 9.30 Å².